The van der Waals surface area contributed by atoms with E-state index in [1.165, 1.54) is 0 Å². The Balaban J connectivity index is 1.32. The molecule has 0 radical (unpaired) electrons. The number of carbonyl (C=O) groups excluding carboxylic acids is 2. The molecule has 0 aromatic rings. The van der Waals surface area contributed by atoms with Gasteiger partial charge in [-0.25, -0.2) is 0 Å². The van der Waals surface area contributed by atoms with Crippen molar-refractivity contribution in [2.24, 2.45) is 46.3 Å². The molecule has 6 aliphatic rings. The van der Waals surface area contributed by atoms with Gasteiger partial charge in [0.2, 0.25) is 11.8 Å². The van der Waals surface area contributed by atoms with Crippen LogP contribution in [0.25, 0.3) is 0 Å². The average molecular weight is 366 g/mol. The molecule has 0 bridgehead atoms. The first-order valence-corrected chi connectivity index (χ1v) is 9.62. The van der Waals surface area contributed by atoms with Gasteiger partial charge in [0.1, 0.15) is 0 Å². The molecule has 144 valence electrons. The molecule has 8 nitrogen and oxygen atoms in total. The molecule has 0 heterocycles. The lowest BCUT2D eigenvalue weighted by atomic mass is 8.92. The molecule has 6 aliphatic carbocycles. The van der Waals surface area contributed by atoms with Crippen LogP contribution in [0.2, 0.25) is 0 Å². The molecular formula is C18H26N2O6. The van der Waals surface area contributed by atoms with E-state index in [0.29, 0.717) is 0 Å². The molecule has 0 aromatic carbocycles. The van der Waals surface area contributed by atoms with Crippen LogP contribution in [0.1, 0.15) is 0 Å². The summed E-state index contributed by atoms with van der Waals surface area (Å²) in [5, 5.41) is 36.8. The van der Waals surface area contributed by atoms with E-state index in [4.69, 9.17) is 0 Å². The van der Waals surface area contributed by atoms with Gasteiger partial charge in [-0.1, -0.05) is 0 Å². The van der Waals surface area contributed by atoms with Gasteiger partial charge in [-0.3, -0.25) is 9.59 Å². The van der Waals surface area contributed by atoms with Crippen LogP contribution in [0, 0.1) is 46.3 Å². The SMILES string of the molecule is O=C(N(CCO)CCO)C12C3C4C1C1C2C3C41C(=O)N(CCO)CCO. The standard InChI is InChI=1S/C18H26N2O6/c21-5-1-19(2-6-22)15(25)17-9-12-10(17)14-11(17)13(9)18(12,14)16(26)20(3-7-23)4-8-24/h9-14,21-24H,1-8H2. The fourth-order valence-corrected chi connectivity index (χ4v) is 8.04. The van der Waals surface area contributed by atoms with E-state index in [-0.39, 0.29) is 111 Å². The predicted molar refractivity (Wildman–Crippen MR) is 87.3 cm³/mol. The highest BCUT2D eigenvalue weighted by Crippen LogP contribution is 3.10. The highest BCUT2D eigenvalue weighted by Gasteiger charge is 3.13. The fraction of sp³-hybridized carbons (Fsp3) is 0.889. The van der Waals surface area contributed by atoms with Gasteiger partial charge in [-0.15, -0.1) is 0 Å². The number of aliphatic hydroxyl groups is 4. The molecule has 8 heteroatoms. The molecule has 4 N–H and O–H groups in total. The zero-order valence-electron chi connectivity index (χ0n) is 14.6. The Morgan fingerprint density at radius 1 is 0.577 bits per heavy atom. The van der Waals surface area contributed by atoms with Crippen LogP contribution in [-0.4, -0.2) is 94.6 Å². The predicted octanol–water partition coefficient (Wildman–Crippen LogP) is -2.65. The summed E-state index contributed by atoms with van der Waals surface area (Å²) >= 11 is 0. The van der Waals surface area contributed by atoms with Crippen LogP contribution in [-0.2, 0) is 9.59 Å². The van der Waals surface area contributed by atoms with Gasteiger partial charge < -0.3 is 30.2 Å². The summed E-state index contributed by atoms with van der Waals surface area (Å²) in [6.45, 7) is 0.540. The Morgan fingerprint density at radius 3 is 1.00 bits per heavy atom. The Labute approximate surface area is 151 Å². The third-order valence-electron chi connectivity index (χ3n) is 8.43. The van der Waals surface area contributed by atoms with E-state index in [1.54, 1.807) is 9.80 Å². The number of aliphatic hydroxyl groups excluding tert-OH is 4. The summed E-state index contributed by atoms with van der Waals surface area (Å²) in [5.41, 5.74) is -0.629. The van der Waals surface area contributed by atoms with Crippen LogP contribution in [0.4, 0.5) is 0 Å². The van der Waals surface area contributed by atoms with Crippen molar-refractivity contribution in [2.45, 2.75) is 0 Å². The molecule has 0 atom stereocenters. The van der Waals surface area contributed by atoms with Crippen molar-refractivity contribution in [2.75, 3.05) is 52.6 Å². The lowest BCUT2D eigenvalue weighted by Crippen LogP contribution is -3.12. The molecule has 6 rings (SSSR count). The largest absolute Gasteiger partial charge is 0.395 e. The molecule has 0 aliphatic heterocycles. The van der Waals surface area contributed by atoms with Gasteiger partial charge in [-0.05, 0) is 35.5 Å². The van der Waals surface area contributed by atoms with Crippen LogP contribution < -0.4 is 0 Å². The molecule has 0 unspecified atom stereocenters. The van der Waals surface area contributed by atoms with E-state index >= 15 is 0 Å². The first-order chi connectivity index (χ1) is 12.6. The Morgan fingerprint density at radius 2 is 0.808 bits per heavy atom. The van der Waals surface area contributed by atoms with Gasteiger partial charge in [0.25, 0.3) is 0 Å². The number of amides is 2. The van der Waals surface area contributed by atoms with Gasteiger partial charge >= 0.3 is 0 Å². The van der Waals surface area contributed by atoms with Crippen molar-refractivity contribution in [3.8, 4) is 0 Å². The first-order valence-electron chi connectivity index (χ1n) is 9.62. The van der Waals surface area contributed by atoms with Crippen LogP contribution in [0.5, 0.6) is 0 Å². The topological polar surface area (TPSA) is 122 Å². The van der Waals surface area contributed by atoms with E-state index < -0.39 is 0 Å². The lowest BCUT2D eigenvalue weighted by molar-refractivity contribution is -0.626. The van der Waals surface area contributed by atoms with Gasteiger partial charge in [0.05, 0.1) is 37.3 Å². The normalized spacial score (nSPS) is 46.8. The molecule has 26 heavy (non-hydrogen) atoms. The number of carbonyl (C=O) groups is 2. The monoisotopic (exact) mass is 366 g/mol. The number of hydrogen-bond donors (Lipinski definition) is 4. The summed E-state index contributed by atoms with van der Waals surface area (Å²) < 4.78 is 0. The maximum Gasteiger partial charge on any atom is 0.229 e. The summed E-state index contributed by atoms with van der Waals surface area (Å²) in [4.78, 5) is 29.3. The van der Waals surface area contributed by atoms with E-state index in [0.717, 1.165) is 0 Å². The summed E-state index contributed by atoms with van der Waals surface area (Å²) in [5.74, 6) is 1.81. The van der Waals surface area contributed by atoms with Crippen molar-refractivity contribution in [3.63, 3.8) is 0 Å². The molecule has 0 spiro atoms. The van der Waals surface area contributed by atoms with Gasteiger partial charge in [0, 0.05) is 26.2 Å². The van der Waals surface area contributed by atoms with E-state index in [9.17, 15) is 30.0 Å². The second-order valence-corrected chi connectivity index (χ2v) is 8.50. The zero-order valence-corrected chi connectivity index (χ0v) is 14.6. The summed E-state index contributed by atoms with van der Waals surface area (Å²) in [7, 11) is 0. The second kappa shape index (κ2) is 5.19. The minimum absolute atomic E-state index is 0.0627. The molecular weight excluding hydrogens is 340 g/mol. The van der Waals surface area contributed by atoms with Crippen molar-refractivity contribution >= 4 is 11.8 Å². The molecule has 0 saturated heterocycles. The molecule has 2 amide bonds. The molecule has 6 fully saturated rings. The molecule has 0 aromatic heterocycles. The minimum Gasteiger partial charge on any atom is -0.395 e. The van der Waals surface area contributed by atoms with E-state index in [1.807, 2.05) is 0 Å². The maximum atomic E-state index is 13.1. The number of nitrogens with zero attached hydrogens (tertiary/aromatic N) is 2. The highest BCUT2D eigenvalue weighted by atomic mass is 16.3. The summed E-state index contributed by atoms with van der Waals surface area (Å²) in [6, 6.07) is 0. The Hall–Kier alpha value is -1.22. The molecule has 6 saturated carbocycles. The van der Waals surface area contributed by atoms with Crippen molar-refractivity contribution in [3.05, 3.63) is 0 Å². The van der Waals surface area contributed by atoms with Gasteiger partial charge in [-0.2, -0.15) is 0 Å². The third-order valence-corrected chi connectivity index (χ3v) is 8.43. The zero-order chi connectivity index (χ0) is 18.4. The van der Waals surface area contributed by atoms with Gasteiger partial charge in [0.15, 0.2) is 0 Å². The fourth-order valence-electron chi connectivity index (χ4n) is 8.04. The second-order valence-electron chi connectivity index (χ2n) is 8.50. The van der Waals surface area contributed by atoms with Crippen molar-refractivity contribution < 1.29 is 30.0 Å². The lowest BCUT2D eigenvalue weighted by Gasteiger charge is -3.09. The van der Waals surface area contributed by atoms with Crippen molar-refractivity contribution in [1.82, 2.24) is 9.80 Å². The number of rotatable bonds is 10. The average Bonchev–Trinajstić information content (AvgIpc) is 2.66. The quantitative estimate of drug-likeness (QED) is 0.335. The summed E-state index contributed by atoms with van der Waals surface area (Å²) in [6.07, 6.45) is 0. The first kappa shape index (κ1) is 16.9. The maximum absolute atomic E-state index is 13.1. The third kappa shape index (κ3) is 1.31. The smallest absolute Gasteiger partial charge is 0.229 e. The van der Waals surface area contributed by atoms with Crippen molar-refractivity contribution in [1.29, 1.82) is 0 Å². The Bertz CT molecular complexity index is 545. The number of hydrogen-bond acceptors (Lipinski definition) is 6. The van der Waals surface area contributed by atoms with Crippen LogP contribution in [0.3, 0.4) is 0 Å². The highest BCUT2D eigenvalue weighted by molar-refractivity contribution is 6.00. The van der Waals surface area contributed by atoms with E-state index in [2.05, 4.69) is 0 Å². The van der Waals surface area contributed by atoms with Crippen LogP contribution >= 0.6 is 0 Å². The Kier molecular flexibility index (Phi) is 3.37. The van der Waals surface area contributed by atoms with Crippen LogP contribution in [0.15, 0.2) is 0 Å². The minimum atomic E-state index is -0.314.